The van der Waals surface area contributed by atoms with Crippen LogP contribution in [-0.4, -0.2) is 6.47 Å². The van der Waals surface area contributed by atoms with Gasteiger partial charge in [-0.25, -0.2) is 0 Å². The molecule has 0 N–H and O–H groups in total. The maximum absolute atomic E-state index is 10.6. The molecule has 3 aromatic rings. The smallest absolute Gasteiger partial charge is 0.297 e. The fourth-order valence-corrected chi connectivity index (χ4v) is 2.83. The molecular weight excluding hydrogens is 320 g/mol. The first-order valence-corrected chi connectivity index (χ1v) is 8.16. The molecule has 0 atom stereocenters. The maximum Gasteiger partial charge on any atom is 0.297 e. The molecule has 0 heterocycles. The van der Waals surface area contributed by atoms with Crippen molar-refractivity contribution in [3.8, 4) is 0 Å². The summed E-state index contributed by atoms with van der Waals surface area (Å²) in [4.78, 5) is 10.6. The summed E-state index contributed by atoms with van der Waals surface area (Å²) < 4.78 is 4.91. The van der Waals surface area contributed by atoms with Crippen LogP contribution in [0, 0.1) is 0 Å². The Labute approximate surface area is 146 Å². The van der Waals surface area contributed by atoms with Crippen LogP contribution >= 0.6 is 11.6 Å². The molecule has 24 heavy (non-hydrogen) atoms. The Morgan fingerprint density at radius 3 is 2.46 bits per heavy atom. The summed E-state index contributed by atoms with van der Waals surface area (Å²) in [5.41, 5.74) is 3.24. The van der Waals surface area contributed by atoms with Gasteiger partial charge in [0.15, 0.2) is 0 Å². The van der Waals surface area contributed by atoms with E-state index < -0.39 is 0 Å². The lowest BCUT2D eigenvalue weighted by molar-refractivity contribution is -0.123. The van der Waals surface area contributed by atoms with E-state index in [9.17, 15) is 4.79 Å². The van der Waals surface area contributed by atoms with Gasteiger partial charge in [0.2, 0.25) is 0 Å². The Hall–Kier alpha value is -2.58. The fraction of sp³-hybridized carbons (Fsp3) is 0.0952. The van der Waals surface area contributed by atoms with E-state index in [0.717, 1.165) is 29.0 Å². The molecule has 0 spiro atoms. The summed E-state index contributed by atoms with van der Waals surface area (Å²) in [6.07, 6.45) is 3.15. The first-order chi connectivity index (χ1) is 11.8. The SMILES string of the molecule is O=CO/C=C(\CCc1ccc(Cl)cc1)c1ccc2ccccc2c1. The normalized spacial score (nSPS) is 11.5. The number of fused-ring (bicyclic) bond motifs is 1. The van der Waals surface area contributed by atoms with E-state index in [1.165, 1.54) is 22.6 Å². The molecule has 0 fully saturated rings. The van der Waals surface area contributed by atoms with Gasteiger partial charge in [-0.05, 0) is 58.5 Å². The molecule has 120 valence electrons. The fourth-order valence-electron chi connectivity index (χ4n) is 2.70. The zero-order chi connectivity index (χ0) is 16.8. The molecular formula is C21H17ClO2. The average molecular weight is 337 g/mol. The second-order valence-electron chi connectivity index (χ2n) is 5.56. The number of benzene rings is 3. The molecule has 0 bridgehead atoms. The van der Waals surface area contributed by atoms with Crippen molar-refractivity contribution < 1.29 is 9.53 Å². The highest BCUT2D eigenvalue weighted by molar-refractivity contribution is 6.30. The lowest BCUT2D eigenvalue weighted by Gasteiger charge is -2.09. The summed E-state index contributed by atoms with van der Waals surface area (Å²) >= 11 is 5.92. The third kappa shape index (κ3) is 4.03. The first kappa shape index (κ1) is 16.3. The Kier molecular flexibility index (Phi) is 5.29. The third-order valence-electron chi connectivity index (χ3n) is 3.98. The van der Waals surface area contributed by atoms with Crippen LogP contribution in [0.25, 0.3) is 16.3 Å². The van der Waals surface area contributed by atoms with Crippen LogP contribution in [0.15, 0.2) is 73.0 Å². The second kappa shape index (κ2) is 7.80. The van der Waals surface area contributed by atoms with Crippen molar-refractivity contribution in [2.75, 3.05) is 0 Å². The summed E-state index contributed by atoms with van der Waals surface area (Å²) in [5, 5.41) is 3.08. The van der Waals surface area contributed by atoms with Crippen molar-refractivity contribution in [3.63, 3.8) is 0 Å². The lowest BCUT2D eigenvalue weighted by Crippen LogP contribution is -1.92. The molecule has 0 saturated carbocycles. The van der Waals surface area contributed by atoms with E-state index in [1.807, 2.05) is 36.4 Å². The summed E-state index contributed by atoms with van der Waals surface area (Å²) in [7, 11) is 0. The van der Waals surface area contributed by atoms with Gasteiger partial charge in [0.1, 0.15) is 0 Å². The third-order valence-corrected chi connectivity index (χ3v) is 4.23. The highest BCUT2D eigenvalue weighted by Gasteiger charge is 2.05. The van der Waals surface area contributed by atoms with Crippen molar-refractivity contribution in [1.29, 1.82) is 0 Å². The van der Waals surface area contributed by atoms with Gasteiger partial charge in [0, 0.05) is 5.02 Å². The van der Waals surface area contributed by atoms with E-state index in [-0.39, 0.29) is 0 Å². The number of allylic oxidation sites excluding steroid dienone is 1. The zero-order valence-electron chi connectivity index (χ0n) is 13.1. The van der Waals surface area contributed by atoms with Crippen molar-refractivity contribution in [2.24, 2.45) is 0 Å². The summed E-state index contributed by atoms with van der Waals surface area (Å²) in [5.74, 6) is 0. The van der Waals surface area contributed by atoms with Crippen LogP contribution in [0.1, 0.15) is 17.5 Å². The zero-order valence-corrected chi connectivity index (χ0v) is 13.9. The molecule has 0 amide bonds. The van der Waals surface area contributed by atoms with E-state index in [2.05, 4.69) is 30.3 Å². The highest BCUT2D eigenvalue weighted by Crippen LogP contribution is 2.25. The van der Waals surface area contributed by atoms with Gasteiger partial charge in [-0.3, -0.25) is 4.79 Å². The van der Waals surface area contributed by atoms with Crippen LogP contribution in [0.5, 0.6) is 0 Å². The van der Waals surface area contributed by atoms with Crippen LogP contribution in [0.3, 0.4) is 0 Å². The molecule has 3 rings (SSSR count). The van der Waals surface area contributed by atoms with Gasteiger partial charge in [-0.15, -0.1) is 0 Å². The maximum atomic E-state index is 10.6. The minimum absolute atomic E-state index is 0.448. The van der Waals surface area contributed by atoms with Crippen LogP contribution < -0.4 is 0 Å². The highest BCUT2D eigenvalue weighted by atomic mass is 35.5. The molecule has 3 heteroatoms. The first-order valence-electron chi connectivity index (χ1n) is 7.78. The van der Waals surface area contributed by atoms with Gasteiger partial charge in [-0.2, -0.15) is 0 Å². The number of hydrogen-bond donors (Lipinski definition) is 0. The minimum atomic E-state index is 0.448. The van der Waals surface area contributed by atoms with Gasteiger partial charge in [-0.1, -0.05) is 60.1 Å². The Balaban J connectivity index is 1.84. The largest absolute Gasteiger partial charge is 0.436 e. The lowest BCUT2D eigenvalue weighted by atomic mass is 9.97. The number of carbonyl (C=O) groups is 1. The number of hydrogen-bond acceptors (Lipinski definition) is 2. The molecule has 0 aromatic heterocycles. The van der Waals surface area contributed by atoms with E-state index in [4.69, 9.17) is 16.3 Å². The monoisotopic (exact) mass is 336 g/mol. The number of rotatable bonds is 6. The molecule has 3 aromatic carbocycles. The van der Waals surface area contributed by atoms with E-state index >= 15 is 0 Å². The van der Waals surface area contributed by atoms with Gasteiger partial charge >= 0.3 is 0 Å². The van der Waals surface area contributed by atoms with Crippen molar-refractivity contribution in [2.45, 2.75) is 12.8 Å². The Bertz CT molecular complexity index is 866. The van der Waals surface area contributed by atoms with Gasteiger partial charge < -0.3 is 4.74 Å². The van der Waals surface area contributed by atoms with Gasteiger partial charge in [0.05, 0.1) is 6.26 Å². The van der Waals surface area contributed by atoms with Crippen LogP contribution in [0.4, 0.5) is 0 Å². The quantitative estimate of drug-likeness (QED) is 0.430. The number of aryl methyl sites for hydroxylation is 1. The molecule has 0 saturated heterocycles. The van der Waals surface area contributed by atoms with E-state index in [1.54, 1.807) is 0 Å². The molecule has 2 nitrogen and oxygen atoms in total. The predicted molar refractivity (Wildman–Crippen MR) is 98.8 cm³/mol. The average Bonchev–Trinajstić information content (AvgIpc) is 2.63. The Morgan fingerprint density at radius 1 is 0.958 bits per heavy atom. The number of carbonyl (C=O) groups excluding carboxylic acids is 1. The van der Waals surface area contributed by atoms with E-state index in [0.29, 0.717) is 6.47 Å². The van der Waals surface area contributed by atoms with Crippen molar-refractivity contribution in [3.05, 3.63) is 89.1 Å². The predicted octanol–water partition coefficient (Wildman–Crippen LogP) is 5.64. The van der Waals surface area contributed by atoms with Crippen molar-refractivity contribution in [1.82, 2.24) is 0 Å². The van der Waals surface area contributed by atoms with Gasteiger partial charge in [0.25, 0.3) is 6.47 Å². The molecule has 0 aliphatic rings. The standard InChI is InChI=1S/C21H17ClO2/c22-21-11-6-16(7-12-21)5-8-20(14-24-15-23)19-10-9-17-3-1-2-4-18(17)13-19/h1-4,6-7,9-15H,5,8H2/b20-14+. The second-order valence-corrected chi connectivity index (χ2v) is 6.00. The summed E-state index contributed by atoms with van der Waals surface area (Å²) in [6.45, 7) is 0.448. The van der Waals surface area contributed by atoms with Crippen LogP contribution in [0.2, 0.25) is 5.02 Å². The number of halogens is 1. The molecule has 0 aliphatic heterocycles. The molecule has 0 radical (unpaired) electrons. The van der Waals surface area contributed by atoms with Crippen LogP contribution in [-0.2, 0) is 16.0 Å². The van der Waals surface area contributed by atoms with Crippen molar-refractivity contribution >= 4 is 34.4 Å². The minimum Gasteiger partial charge on any atom is -0.436 e. The molecule has 0 aliphatic carbocycles. The summed E-state index contributed by atoms with van der Waals surface area (Å²) in [6, 6.07) is 22.3. The number of ether oxygens (including phenoxy) is 1. The topological polar surface area (TPSA) is 26.3 Å². The molecule has 0 unspecified atom stereocenters. The Morgan fingerprint density at radius 2 is 1.71 bits per heavy atom.